The number of carbonyl (C=O) groups is 4. The number of aliphatic carboxylic acids is 1. The highest BCUT2D eigenvalue weighted by Gasteiger charge is 2.59. The fourth-order valence-corrected chi connectivity index (χ4v) is 6.87. The zero-order valence-electron chi connectivity index (χ0n) is 28.9. The Morgan fingerprint density at radius 1 is 1.12 bits per heavy atom. The summed E-state index contributed by atoms with van der Waals surface area (Å²) in [4.78, 5) is 51.4. The fourth-order valence-electron chi connectivity index (χ4n) is 6.87. The number of carboxylic acid groups (broad SMARTS) is 1. The molecule has 0 bridgehead atoms. The van der Waals surface area contributed by atoms with E-state index < -0.39 is 81.8 Å². The Balaban J connectivity index is 2.38. The van der Waals surface area contributed by atoms with Gasteiger partial charge in [-0.15, -0.1) is 0 Å². The summed E-state index contributed by atoms with van der Waals surface area (Å²) >= 11 is 0. The molecule has 0 radical (unpaired) electrons. The number of ether oxygens (including phenoxy) is 2. The van der Waals surface area contributed by atoms with Crippen molar-refractivity contribution in [3.63, 3.8) is 0 Å². The van der Waals surface area contributed by atoms with Crippen LogP contribution in [0, 0.1) is 22.7 Å². The van der Waals surface area contributed by atoms with E-state index in [9.17, 15) is 42.6 Å². The van der Waals surface area contributed by atoms with Gasteiger partial charge in [-0.2, -0.15) is 13.2 Å². The number of hydrogen-bond acceptors (Lipinski definition) is 7. The van der Waals surface area contributed by atoms with Gasteiger partial charge in [-0.25, -0.2) is 9.59 Å². The van der Waals surface area contributed by atoms with Crippen molar-refractivity contribution in [1.82, 2.24) is 0 Å². The van der Waals surface area contributed by atoms with Crippen molar-refractivity contribution in [3.8, 4) is 0 Å². The molecule has 264 valence electrons. The second kappa shape index (κ2) is 14.3. The van der Waals surface area contributed by atoms with Crippen LogP contribution in [0.4, 0.5) is 13.2 Å². The molecule has 0 saturated carbocycles. The van der Waals surface area contributed by atoms with Crippen molar-refractivity contribution in [1.29, 1.82) is 0 Å². The average Bonchev–Trinajstić information content (AvgIpc) is 2.98. The van der Waals surface area contributed by atoms with Crippen LogP contribution in [0.15, 0.2) is 64.6 Å². The minimum absolute atomic E-state index is 0.0118. The Kier molecular flexibility index (Phi) is 11.5. The molecule has 0 fully saturated rings. The van der Waals surface area contributed by atoms with E-state index in [1.54, 1.807) is 44.2 Å². The molecule has 4 atom stereocenters. The third-order valence-corrected chi connectivity index (χ3v) is 9.87. The van der Waals surface area contributed by atoms with Crippen LogP contribution in [-0.4, -0.2) is 45.7 Å². The molecule has 2 N–H and O–H groups in total. The Morgan fingerprint density at radius 2 is 1.73 bits per heavy atom. The molecule has 8 nitrogen and oxygen atoms in total. The van der Waals surface area contributed by atoms with Gasteiger partial charge in [-0.1, -0.05) is 69.7 Å². The zero-order valence-corrected chi connectivity index (χ0v) is 28.9. The van der Waals surface area contributed by atoms with Crippen molar-refractivity contribution in [2.45, 2.75) is 112 Å². The van der Waals surface area contributed by atoms with Crippen molar-refractivity contribution in [2.24, 2.45) is 22.7 Å². The largest absolute Gasteiger partial charge is 0.510 e. The van der Waals surface area contributed by atoms with Crippen LogP contribution in [0.2, 0.25) is 0 Å². The molecule has 1 aliphatic heterocycles. The van der Waals surface area contributed by atoms with Crippen LogP contribution in [0.3, 0.4) is 0 Å². The van der Waals surface area contributed by atoms with Gasteiger partial charge in [0, 0.05) is 11.8 Å². The van der Waals surface area contributed by atoms with Crippen LogP contribution in [0.25, 0.3) is 0 Å². The Morgan fingerprint density at radius 3 is 2.25 bits per heavy atom. The number of aliphatic hydroxyl groups is 1. The van der Waals surface area contributed by atoms with Gasteiger partial charge in [0.25, 0.3) is 0 Å². The number of halogens is 3. The van der Waals surface area contributed by atoms with Crippen molar-refractivity contribution >= 4 is 23.7 Å². The number of hydrogen-bond donors (Lipinski definition) is 2. The minimum atomic E-state index is -5.18. The van der Waals surface area contributed by atoms with Crippen LogP contribution < -0.4 is 0 Å². The van der Waals surface area contributed by atoms with Crippen LogP contribution >= 0.6 is 0 Å². The number of esters is 2. The van der Waals surface area contributed by atoms with E-state index in [0.717, 1.165) is 5.57 Å². The zero-order chi connectivity index (χ0) is 36.4. The van der Waals surface area contributed by atoms with Gasteiger partial charge in [0.1, 0.15) is 22.7 Å². The molecule has 2 aliphatic rings. The number of carbonyl (C=O) groups excluding carboxylic acids is 3. The number of Topliss-reactive ketones (excluding diaryl/α,β-unsaturated/α-hetero) is 1. The van der Waals surface area contributed by atoms with E-state index in [1.165, 1.54) is 13.8 Å². The molecule has 0 aromatic heterocycles. The molecule has 0 spiro atoms. The molecule has 0 saturated heterocycles. The molecule has 1 aromatic rings. The topological polar surface area (TPSA) is 127 Å². The predicted molar refractivity (Wildman–Crippen MR) is 172 cm³/mol. The van der Waals surface area contributed by atoms with E-state index >= 15 is 0 Å². The second-order valence-electron chi connectivity index (χ2n) is 14.5. The molecular formula is C37H47F3O8. The lowest BCUT2D eigenvalue weighted by atomic mass is 9.52. The summed E-state index contributed by atoms with van der Waals surface area (Å²) in [5, 5.41) is 22.3. The lowest BCUT2D eigenvalue weighted by Gasteiger charge is -2.53. The van der Waals surface area contributed by atoms with Gasteiger partial charge in [0.05, 0.1) is 11.8 Å². The lowest BCUT2D eigenvalue weighted by Crippen LogP contribution is -2.49. The van der Waals surface area contributed by atoms with Crippen molar-refractivity contribution < 1.29 is 52.0 Å². The number of benzene rings is 1. The first-order valence-electron chi connectivity index (χ1n) is 16.2. The summed E-state index contributed by atoms with van der Waals surface area (Å²) in [5.41, 5.74) is -2.49. The van der Waals surface area contributed by atoms with Gasteiger partial charge in [-0.05, 0) is 82.3 Å². The number of fused-ring (bicyclic) bond motifs is 1. The summed E-state index contributed by atoms with van der Waals surface area (Å²) in [7, 11) is 0. The number of alkyl halides is 3. The maximum absolute atomic E-state index is 13.7. The lowest BCUT2D eigenvalue weighted by molar-refractivity contribution is -0.212. The number of ketones is 1. The molecule has 48 heavy (non-hydrogen) atoms. The second-order valence-corrected chi connectivity index (χ2v) is 14.5. The van der Waals surface area contributed by atoms with Crippen LogP contribution in [0.5, 0.6) is 0 Å². The van der Waals surface area contributed by atoms with Crippen LogP contribution in [-0.2, 0) is 28.7 Å². The standard InChI is InChI=1S/C37H47F3O8/c1-9-22(4)29(43)27-30(44)36(18-15-21(2)3)20-24(16-17-34(5,6)48-33(46)37(38,39)40)35(7,8)28(31(36)47-32(27)45)25(19-26(41)42)23-13-11-10-12-14-23/h10-15,22,24-25,44H,9,16-20H2,1-8H3,(H,41,42). The Bertz CT molecular complexity index is 1510. The quantitative estimate of drug-likeness (QED) is 0.121. The summed E-state index contributed by atoms with van der Waals surface area (Å²) in [6.07, 6.45) is -2.96. The third-order valence-electron chi connectivity index (χ3n) is 9.87. The molecule has 1 aromatic carbocycles. The average molecular weight is 677 g/mol. The summed E-state index contributed by atoms with van der Waals surface area (Å²) in [6, 6.07) is 8.81. The molecular weight excluding hydrogens is 629 g/mol. The molecule has 3 rings (SSSR count). The number of carboxylic acids is 1. The smallest absolute Gasteiger partial charge is 0.490 e. The fraction of sp³-hybridized carbons (Fsp3) is 0.568. The number of aliphatic hydroxyl groups excluding tert-OH is 1. The van der Waals surface area contributed by atoms with Gasteiger partial charge >= 0.3 is 24.1 Å². The molecule has 1 aliphatic carbocycles. The summed E-state index contributed by atoms with van der Waals surface area (Å²) in [6.45, 7) is 13.6. The molecule has 0 amide bonds. The molecule has 4 unspecified atom stereocenters. The highest BCUT2D eigenvalue weighted by atomic mass is 19.4. The molecule has 1 heterocycles. The van der Waals surface area contributed by atoms with E-state index in [0.29, 0.717) is 17.6 Å². The minimum Gasteiger partial charge on any atom is -0.510 e. The first kappa shape index (κ1) is 38.6. The normalized spacial score (nSPS) is 22.3. The summed E-state index contributed by atoms with van der Waals surface area (Å²) < 4.78 is 50.3. The number of rotatable bonds is 13. The van der Waals surface area contributed by atoms with Gasteiger partial charge in [0.2, 0.25) is 0 Å². The van der Waals surface area contributed by atoms with Crippen molar-refractivity contribution in [2.75, 3.05) is 0 Å². The predicted octanol–water partition coefficient (Wildman–Crippen LogP) is 8.54. The molecule has 11 heteroatoms. The maximum Gasteiger partial charge on any atom is 0.490 e. The van der Waals surface area contributed by atoms with Gasteiger partial charge < -0.3 is 19.7 Å². The van der Waals surface area contributed by atoms with E-state index in [2.05, 4.69) is 0 Å². The van der Waals surface area contributed by atoms with Crippen LogP contribution in [0.1, 0.15) is 105 Å². The van der Waals surface area contributed by atoms with E-state index in [4.69, 9.17) is 9.47 Å². The van der Waals surface area contributed by atoms with Gasteiger partial charge in [-0.3, -0.25) is 9.59 Å². The van der Waals surface area contributed by atoms with E-state index in [-0.39, 0.29) is 31.4 Å². The number of allylic oxidation sites excluding steroid dienone is 3. The highest BCUT2D eigenvalue weighted by Crippen LogP contribution is 2.63. The first-order valence-corrected chi connectivity index (χ1v) is 16.2. The Hall–Kier alpha value is -3.89. The third kappa shape index (κ3) is 8.04. The Labute approximate surface area is 280 Å². The monoisotopic (exact) mass is 676 g/mol. The SMILES string of the molecule is CCC(C)C(=O)C1=C(O)C2(CC=C(C)C)CC(CCC(C)(C)OC(=O)C(F)(F)F)C(C)(C)C(C(CC(=O)O)c3ccccc3)=C2OC1=O. The van der Waals surface area contributed by atoms with Crippen molar-refractivity contribution in [3.05, 3.63) is 70.2 Å². The summed E-state index contributed by atoms with van der Waals surface area (Å²) in [5.74, 6) is -7.34. The van der Waals surface area contributed by atoms with Gasteiger partial charge in [0.15, 0.2) is 5.78 Å². The van der Waals surface area contributed by atoms with E-state index in [1.807, 2.05) is 33.8 Å². The maximum atomic E-state index is 13.7. The highest BCUT2D eigenvalue weighted by molar-refractivity contribution is 6.19. The first-order chi connectivity index (χ1) is 22.1.